The number of fused-ring (bicyclic) bond motifs is 2. The molecule has 33 heavy (non-hydrogen) atoms. The first kappa shape index (κ1) is 23.4. The first-order valence-electron chi connectivity index (χ1n) is 11.6. The van der Waals surface area contributed by atoms with Crippen molar-refractivity contribution in [3.05, 3.63) is 71.8 Å². The van der Waals surface area contributed by atoms with E-state index in [1.165, 1.54) is 0 Å². The number of amides is 2. The van der Waals surface area contributed by atoms with Crippen LogP contribution in [0.15, 0.2) is 60.7 Å². The number of hydrogen-bond donors (Lipinski definition) is 2. The van der Waals surface area contributed by atoms with Gasteiger partial charge in [0, 0.05) is 6.54 Å². The number of rotatable bonds is 9. The summed E-state index contributed by atoms with van der Waals surface area (Å²) in [5, 5.41) is 12.5. The summed E-state index contributed by atoms with van der Waals surface area (Å²) in [7, 11) is 0. The summed E-state index contributed by atoms with van der Waals surface area (Å²) in [6.45, 7) is 4.29. The minimum Gasteiger partial charge on any atom is -0.394 e. The van der Waals surface area contributed by atoms with Crippen LogP contribution >= 0.6 is 0 Å². The number of carbonyl (C=O) groups excluding carboxylic acids is 2. The van der Waals surface area contributed by atoms with Crippen LogP contribution in [0.4, 0.5) is 0 Å². The molecule has 0 aromatic heterocycles. The fourth-order valence-electron chi connectivity index (χ4n) is 4.57. The third kappa shape index (κ3) is 5.43. The number of aliphatic hydroxyl groups excluding tert-OH is 1. The molecule has 2 aromatic rings. The Balaban J connectivity index is 1.56. The molecule has 2 aliphatic heterocycles. The van der Waals surface area contributed by atoms with Crippen molar-refractivity contribution in [3.8, 4) is 0 Å². The van der Waals surface area contributed by atoms with Gasteiger partial charge in [0.15, 0.2) is 18.5 Å². The summed E-state index contributed by atoms with van der Waals surface area (Å²) in [5.41, 5.74) is 2.06. The molecule has 0 radical (unpaired) electrons. The summed E-state index contributed by atoms with van der Waals surface area (Å²) >= 11 is 0. The lowest BCUT2D eigenvalue weighted by atomic mass is 10.0. The highest BCUT2D eigenvalue weighted by Crippen LogP contribution is 2.34. The Hall–Kier alpha value is -2.74. The standard InChI is InChI=1S/C26H32N2O5/c1-17(2)13-20(16-29)27-24(30)22-23-25(31)28(15-19-11-7-4-8-12-19)21(26(32-22)33-23)14-18-9-5-3-6-10-18/h3-12,17,20-23,26,29H,13-16H2,1-2H3,(H,27,30)/t20-,21+,22+,23+,26+/m0/s1. The minimum atomic E-state index is -1.04. The van der Waals surface area contributed by atoms with E-state index in [9.17, 15) is 14.7 Å². The van der Waals surface area contributed by atoms with Crippen LogP contribution < -0.4 is 5.32 Å². The topological polar surface area (TPSA) is 88.1 Å². The molecule has 0 unspecified atom stereocenters. The molecule has 0 aliphatic carbocycles. The molecule has 2 saturated heterocycles. The second kappa shape index (κ2) is 10.5. The molecule has 7 heteroatoms. The van der Waals surface area contributed by atoms with Gasteiger partial charge in [0.25, 0.3) is 11.8 Å². The van der Waals surface area contributed by atoms with E-state index >= 15 is 0 Å². The maximum Gasteiger partial charge on any atom is 0.255 e. The molecule has 0 spiro atoms. The highest BCUT2D eigenvalue weighted by molar-refractivity contribution is 5.92. The molecule has 2 aromatic carbocycles. The number of morpholine rings is 1. The van der Waals surface area contributed by atoms with Crippen molar-refractivity contribution in [3.63, 3.8) is 0 Å². The first-order valence-corrected chi connectivity index (χ1v) is 11.6. The lowest BCUT2D eigenvalue weighted by Crippen LogP contribution is -2.57. The molecular weight excluding hydrogens is 420 g/mol. The number of nitrogens with one attached hydrogen (secondary N) is 1. The maximum absolute atomic E-state index is 13.5. The summed E-state index contributed by atoms with van der Waals surface area (Å²) in [4.78, 5) is 28.3. The highest BCUT2D eigenvalue weighted by Gasteiger charge is 2.55. The van der Waals surface area contributed by atoms with E-state index in [0.29, 0.717) is 25.3 Å². The predicted molar refractivity (Wildman–Crippen MR) is 123 cm³/mol. The number of carbonyl (C=O) groups is 2. The molecule has 2 N–H and O–H groups in total. The third-order valence-corrected chi connectivity index (χ3v) is 6.14. The Morgan fingerprint density at radius 3 is 2.27 bits per heavy atom. The van der Waals surface area contributed by atoms with Crippen LogP contribution in [0.2, 0.25) is 0 Å². The van der Waals surface area contributed by atoms with Crippen molar-refractivity contribution >= 4 is 11.8 Å². The van der Waals surface area contributed by atoms with Gasteiger partial charge >= 0.3 is 0 Å². The Labute approximate surface area is 194 Å². The quantitative estimate of drug-likeness (QED) is 0.610. The molecule has 0 saturated carbocycles. The van der Waals surface area contributed by atoms with Crippen LogP contribution in [0.25, 0.3) is 0 Å². The normalized spacial score (nSPS) is 25.3. The van der Waals surface area contributed by atoms with Crippen LogP contribution in [0.3, 0.4) is 0 Å². The van der Waals surface area contributed by atoms with Gasteiger partial charge in [0.2, 0.25) is 0 Å². The van der Waals surface area contributed by atoms with Crippen molar-refractivity contribution in [1.29, 1.82) is 0 Å². The number of benzene rings is 2. The summed E-state index contributed by atoms with van der Waals surface area (Å²) in [6.07, 6.45) is -1.55. The van der Waals surface area contributed by atoms with Crippen LogP contribution in [-0.4, -0.2) is 59.0 Å². The molecular formula is C26H32N2O5. The second-order valence-corrected chi connectivity index (χ2v) is 9.21. The molecule has 2 bridgehead atoms. The summed E-state index contributed by atoms with van der Waals surface area (Å²) in [5.74, 6) is -0.366. The predicted octanol–water partition coefficient (Wildman–Crippen LogP) is 2.27. The number of ether oxygens (including phenoxy) is 2. The lowest BCUT2D eigenvalue weighted by Gasteiger charge is -2.38. The fraction of sp³-hybridized carbons (Fsp3) is 0.462. The Kier molecular flexibility index (Phi) is 7.42. The minimum absolute atomic E-state index is 0.170. The van der Waals surface area contributed by atoms with Gasteiger partial charge in [-0.25, -0.2) is 0 Å². The van der Waals surface area contributed by atoms with E-state index in [-0.39, 0.29) is 18.6 Å². The highest BCUT2D eigenvalue weighted by atomic mass is 16.7. The third-order valence-electron chi connectivity index (χ3n) is 6.14. The van der Waals surface area contributed by atoms with Gasteiger partial charge in [-0.3, -0.25) is 9.59 Å². The van der Waals surface area contributed by atoms with Crippen LogP contribution in [0.1, 0.15) is 31.4 Å². The Morgan fingerprint density at radius 2 is 1.67 bits per heavy atom. The lowest BCUT2D eigenvalue weighted by molar-refractivity contribution is -0.177. The van der Waals surface area contributed by atoms with Gasteiger partial charge in [0.05, 0.1) is 18.7 Å². The summed E-state index contributed by atoms with van der Waals surface area (Å²) < 4.78 is 12.0. The molecule has 2 aliphatic rings. The second-order valence-electron chi connectivity index (χ2n) is 9.21. The van der Waals surface area contributed by atoms with Gasteiger partial charge in [-0.2, -0.15) is 0 Å². The van der Waals surface area contributed by atoms with Crippen molar-refractivity contribution in [2.24, 2.45) is 5.92 Å². The van der Waals surface area contributed by atoms with Crippen LogP contribution in [-0.2, 0) is 32.0 Å². The molecule has 176 valence electrons. The number of aliphatic hydroxyl groups is 1. The zero-order valence-electron chi connectivity index (χ0n) is 19.1. The van der Waals surface area contributed by atoms with Gasteiger partial charge in [0.1, 0.15) is 0 Å². The van der Waals surface area contributed by atoms with Crippen LogP contribution in [0.5, 0.6) is 0 Å². The SMILES string of the molecule is CC(C)C[C@@H](CO)NC(=O)[C@@H]1O[C@@H]2O[C@H]1C(=O)N(Cc1ccccc1)[C@@H]2Cc1ccccc1. The molecule has 4 rings (SSSR count). The molecule has 2 heterocycles. The zero-order valence-corrected chi connectivity index (χ0v) is 19.1. The van der Waals surface area contributed by atoms with Gasteiger partial charge in [-0.1, -0.05) is 74.5 Å². The maximum atomic E-state index is 13.5. The monoisotopic (exact) mass is 452 g/mol. The van der Waals surface area contributed by atoms with Gasteiger partial charge in [-0.15, -0.1) is 0 Å². The van der Waals surface area contributed by atoms with Gasteiger partial charge < -0.3 is 24.8 Å². The van der Waals surface area contributed by atoms with Crippen molar-refractivity contribution < 1.29 is 24.2 Å². The van der Waals surface area contributed by atoms with E-state index < -0.39 is 30.4 Å². The average molecular weight is 453 g/mol. The Bertz CT molecular complexity index is 936. The summed E-state index contributed by atoms with van der Waals surface area (Å²) in [6, 6.07) is 18.9. The van der Waals surface area contributed by atoms with Gasteiger partial charge in [-0.05, 0) is 29.9 Å². The molecule has 2 amide bonds. The van der Waals surface area contributed by atoms with E-state index in [1.807, 2.05) is 74.5 Å². The van der Waals surface area contributed by atoms with E-state index in [0.717, 1.165) is 11.1 Å². The molecule has 2 fully saturated rings. The smallest absolute Gasteiger partial charge is 0.255 e. The van der Waals surface area contributed by atoms with E-state index in [2.05, 4.69) is 5.32 Å². The van der Waals surface area contributed by atoms with Crippen molar-refractivity contribution in [2.75, 3.05) is 6.61 Å². The number of hydrogen-bond acceptors (Lipinski definition) is 5. The molecule has 5 atom stereocenters. The van der Waals surface area contributed by atoms with Crippen LogP contribution in [0, 0.1) is 5.92 Å². The fourth-order valence-corrected chi connectivity index (χ4v) is 4.57. The first-order chi connectivity index (χ1) is 16.0. The van der Waals surface area contributed by atoms with Crippen molar-refractivity contribution in [1.82, 2.24) is 10.2 Å². The average Bonchev–Trinajstić information content (AvgIpc) is 3.22. The largest absolute Gasteiger partial charge is 0.394 e. The van der Waals surface area contributed by atoms with Crippen molar-refractivity contribution in [2.45, 2.75) is 63.8 Å². The van der Waals surface area contributed by atoms with E-state index in [4.69, 9.17) is 9.47 Å². The number of nitrogens with zero attached hydrogens (tertiary/aromatic N) is 1. The molecule has 7 nitrogen and oxygen atoms in total. The van der Waals surface area contributed by atoms with E-state index in [1.54, 1.807) is 4.90 Å². The Morgan fingerprint density at radius 1 is 1.03 bits per heavy atom. The zero-order chi connectivity index (χ0) is 23.4.